The van der Waals surface area contributed by atoms with Crippen molar-refractivity contribution in [2.24, 2.45) is 5.41 Å². The molecule has 0 saturated carbocycles. The summed E-state index contributed by atoms with van der Waals surface area (Å²) < 4.78 is 4.37. The van der Waals surface area contributed by atoms with Crippen LogP contribution in [-0.4, -0.2) is 25.5 Å². The molecule has 0 aliphatic carbocycles. The summed E-state index contributed by atoms with van der Waals surface area (Å²) in [7, 11) is 1.26. The van der Waals surface area contributed by atoms with E-state index in [4.69, 9.17) is 0 Å². The molecule has 0 bridgehead atoms. The van der Waals surface area contributed by atoms with Crippen molar-refractivity contribution in [3.8, 4) is 0 Å². The van der Waals surface area contributed by atoms with Gasteiger partial charge in [0.15, 0.2) is 0 Å². The van der Waals surface area contributed by atoms with E-state index in [9.17, 15) is 9.59 Å². The summed E-state index contributed by atoms with van der Waals surface area (Å²) in [6.45, 7) is 9.59. The first-order valence-corrected chi connectivity index (χ1v) is 4.71. The van der Waals surface area contributed by atoms with Gasteiger partial charge >= 0.3 is 6.09 Å². The van der Waals surface area contributed by atoms with Crippen LogP contribution in [0, 0.1) is 5.41 Å². The lowest BCUT2D eigenvalue weighted by Gasteiger charge is -2.25. The van der Waals surface area contributed by atoms with Gasteiger partial charge in [-0.2, -0.15) is 13.5 Å². The molecule has 0 rings (SSSR count). The Morgan fingerprint density at radius 1 is 1.40 bits per heavy atom. The Morgan fingerprint density at radius 3 is 2.00 bits per heavy atom. The number of alkyl carbamates (subject to hydrolysis) is 1. The number of rotatable bonds is 2. The van der Waals surface area contributed by atoms with Gasteiger partial charge in [-0.05, 0) is 5.41 Å². The number of hydrogen-bond donors (Lipinski definition) is 1. The van der Waals surface area contributed by atoms with E-state index in [-0.39, 0.29) is 20.3 Å². The van der Waals surface area contributed by atoms with Crippen molar-refractivity contribution in [3.05, 3.63) is 0 Å². The molecule has 4 nitrogen and oxygen atoms in total. The molecule has 1 amide bonds. The average molecular weight is 239 g/mol. The van der Waals surface area contributed by atoms with Gasteiger partial charge in [0.05, 0.1) is 13.2 Å². The van der Waals surface area contributed by atoms with Crippen molar-refractivity contribution in [1.29, 1.82) is 0 Å². The minimum absolute atomic E-state index is 0. The SMILES string of the molecule is CC.COC(=O)N[C@H](C=O)C(C)(C)C.S.[HH]. The second kappa shape index (κ2) is 9.83. The van der Waals surface area contributed by atoms with E-state index in [1.807, 2.05) is 34.6 Å². The van der Waals surface area contributed by atoms with Crippen LogP contribution in [-0.2, 0) is 9.53 Å². The van der Waals surface area contributed by atoms with Crippen LogP contribution in [0.5, 0.6) is 0 Å². The minimum Gasteiger partial charge on any atom is -0.453 e. The maximum Gasteiger partial charge on any atom is 0.407 e. The van der Waals surface area contributed by atoms with Gasteiger partial charge in [-0.15, -0.1) is 0 Å². The first-order valence-electron chi connectivity index (χ1n) is 4.71. The summed E-state index contributed by atoms with van der Waals surface area (Å²) in [6.07, 6.45) is 0.124. The van der Waals surface area contributed by atoms with E-state index in [2.05, 4.69) is 10.1 Å². The third kappa shape index (κ3) is 9.59. The molecule has 0 radical (unpaired) electrons. The summed E-state index contributed by atoms with van der Waals surface area (Å²) in [5.41, 5.74) is -0.282. The summed E-state index contributed by atoms with van der Waals surface area (Å²) in [5.74, 6) is 0. The van der Waals surface area contributed by atoms with Crippen LogP contribution < -0.4 is 5.32 Å². The van der Waals surface area contributed by atoms with Crippen molar-refractivity contribution < 1.29 is 15.8 Å². The fraction of sp³-hybridized carbons (Fsp3) is 0.800. The van der Waals surface area contributed by atoms with Crippen LogP contribution in [0.2, 0.25) is 0 Å². The van der Waals surface area contributed by atoms with Crippen molar-refractivity contribution in [1.82, 2.24) is 5.32 Å². The van der Waals surface area contributed by atoms with Gasteiger partial charge < -0.3 is 14.8 Å². The molecule has 0 heterocycles. The van der Waals surface area contributed by atoms with Crippen LogP contribution in [0.25, 0.3) is 0 Å². The fourth-order valence-corrected chi connectivity index (χ4v) is 0.641. The van der Waals surface area contributed by atoms with E-state index in [1.165, 1.54) is 7.11 Å². The Hall–Kier alpha value is -0.710. The van der Waals surface area contributed by atoms with Gasteiger partial charge in [-0.3, -0.25) is 0 Å². The molecule has 0 fully saturated rings. The molecule has 0 aliphatic rings. The normalized spacial score (nSPS) is 11.1. The summed E-state index contributed by atoms with van der Waals surface area (Å²) in [6, 6.07) is -0.509. The summed E-state index contributed by atoms with van der Waals surface area (Å²) in [5, 5.41) is 2.43. The predicted octanol–water partition coefficient (Wildman–Crippen LogP) is 2.34. The Kier molecular flexibility index (Phi) is 13.0. The first kappa shape index (κ1) is 19.8. The van der Waals surface area contributed by atoms with Crippen molar-refractivity contribution >= 4 is 25.9 Å². The fourth-order valence-electron chi connectivity index (χ4n) is 0.641. The highest BCUT2D eigenvalue weighted by atomic mass is 32.1. The maximum absolute atomic E-state index is 10.7. The molecule has 0 spiro atoms. The van der Waals surface area contributed by atoms with Crippen molar-refractivity contribution in [2.45, 2.75) is 40.7 Å². The number of methoxy groups -OCH3 is 1. The number of carbonyl (C=O) groups is 2. The number of aldehydes is 1. The largest absolute Gasteiger partial charge is 0.453 e. The minimum atomic E-state index is -0.581. The standard InChI is InChI=1S/C8H15NO3.C2H6.H2S.H2/c1-8(2,3)6(5-10)9-7(11)12-4;1-2;;/h5-6H,1-4H3,(H,9,11);1-2H3;1H2;1H/t6-;;;/m1.../s1. The quantitative estimate of drug-likeness (QED) is 0.752. The second-order valence-corrected chi connectivity index (χ2v) is 3.62. The maximum atomic E-state index is 10.7. The van der Waals surface area contributed by atoms with Crippen LogP contribution in [0.15, 0.2) is 0 Å². The van der Waals surface area contributed by atoms with Crippen LogP contribution >= 0.6 is 13.5 Å². The van der Waals surface area contributed by atoms with Crippen molar-refractivity contribution in [2.75, 3.05) is 7.11 Å². The average Bonchev–Trinajstić information content (AvgIpc) is 2.15. The van der Waals surface area contributed by atoms with E-state index in [0.29, 0.717) is 6.29 Å². The molecule has 1 atom stereocenters. The smallest absolute Gasteiger partial charge is 0.407 e. The topological polar surface area (TPSA) is 55.4 Å². The molecule has 15 heavy (non-hydrogen) atoms. The molecule has 0 aromatic rings. The molecule has 0 aromatic heterocycles. The van der Waals surface area contributed by atoms with Gasteiger partial charge in [0.25, 0.3) is 0 Å². The predicted molar refractivity (Wildman–Crippen MR) is 68.7 cm³/mol. The number of amides is 1. The Bertz CT molecular complexity index is 183. The number of nitrogens with one attached hydrogen (secondary N) is 1. The van der Waals surface area contributed by atoms with Gasteiger partial charge in [0, 0.05) is 1.43 Å². The van der Waals surface area contributed by atoms with Gasteiger partial charge in [0.1, 0.15) is 6.29 Å². The Morgan fingerprint density at radius 2 is 1.80 bits per heavy atom. The van der Waals surface area contributed by atoms with Crippen LogP contribution in [0.1, 0.15) is 36.0 Å². The molecular weight excluding hydrogens is 214 g/mol. The molecular formula is C10H25NO3S. The number of hydrogen-bond acceptors (Lipinski definition) is 3. The molecule has 1 N–H and O–H groups in total. The number of carbonyl (C=O) groups excluding carboxylic acids is 2. The van der Waals surface area contributed by atoms with Crippen LogP contribution in [0.3, 0.4) is 0 Å². The molecule has 0 saturated heterocycles. The first-order chi connectivity index (χ1) is 6.41. The van der Waals surface area contributed by atoms with E-state index in [1.54, 1.807) is 0 Å². The Labute approximate surface area is 101 Å². The lowest BCUT2D eigenvalue weighted by atomic mass is 9.88. The zero-order valence-electron chi connectivity index (χ0n) is 10.4. The lowest BCUT2D eigenvalue weighted by molar-refractivity contribution is -0.111. The molecule has 0 unspecified atom stereocenters. The van der Waals surface area contributed by atoms with Crippen LogP contribution in [0.4, 0.5) is 4.79 Å². The zero-order valence-corrected chi connectivity index (χ0v) is 11.4. The third-order valence-corrected chi connectivity index (χ3v) is 1.53. The third-order valence-electron chi connectivity index (χ3n) is 1.53. The van der Waals surface area contributed by atoms with Gasteiger partial charge in [-0.25, -0.2) is 4.79 Å². The molecule has 0 aliphatic heterocycles. The highest BCUT2D eigenvalue weighted by molar-refractivity contribution is 7.59. The van der Waals surface area contributed by atoms with E-state index in [0.717, 1.165) is 0 Å². The van der Waals surface area contributed by atoms with E-state index >= 15 is 0 Å². The Balaban J connectivity index is -0.000000169. The summed E-state index contributed by atoms with van der Waals surface area (Å²) >= 11 is 0. The molecule has 0 aromatic carbocycles. The summed E-state index contributed by atoms with van der Waals surface area (Å²) in [4.78, 5) is 21.3. The van der Waals surface area contributed by atoms with E-state index < -0.39 is 12.1 Å². The number of ether oxygens (including phenoxy) is 1. The highest BCUT2D eigenvalue weighted by Crippen LogP contribution is 2.17. The van der Waals surface area contributed by atoms with Crippen molar-refractivity contribution in [3.63, 3.8) is 0 Å². The molecule has 5 heteroatoms. The van der Waals surface area contributed by atoms with Gasteiger partial charge in [0.2, 0.25) is 0 Å². The lowest BCUT2D eigenvalue weighted by Crippen LogP contribution is -2.44. The molecule has 94 valence electrons. The monoisotopic (exact) mass is 239 g/mol. The zero-order chi connectivity index (χ0) is 11.8. The second-order valence-electron chi connectivity index (χ2n) is 3.62. The van der Waals surface area contributed by atoms with Gasteiger partial charge in [-0.1, -0.05) is 34.6 Å². The highest BCUT2D eigenvalue weighted by Gasteiger charge is 2.25.